The van der Waals surface area contributed by atoms with Crippen molar-refractivity contribution in [3.05, 3.63) is 29.0 Å². The molecule has 104 valence electrons. The Morgan fingerprint density at radius 1 is 1.53 bits per heavy atom. The minimum Gasteiger partial charge on any atom is -0.409 e. The number of oxime groups is 1. The van der Waals surface area contributed by atoms with Crippen LogP contribution < -0.4 is 11.1 Å². The predicted molar refractivity (Wildman–Crippen MR) is 71.8 cm³/mol. The molecule has 0 aliphatic heterocycles. The van der Waals surface area contributed by atoms with E-state index in [1.54, 1.807) is 13.8 Å². The third-order valence-electron chi connectivity index (χ3n) is 2.57. The SMILES string of the molecule is CC(C)C(C(=O)Nc1ccc(Cl)c(F)c1)C(N)=NO. The van der Waals surface area contributed by atoms with E-state index in [4.69, 9.17) is 22.5 Å². The lowest BCUT2D eigenvalue weighted by atomic mass is 9.94. The van der Waals surface area contributed by atoms with E-state index in [2.05, 4.69) is 10.5 Å². The lowest BCUT2D eigenvalue weighted by Gasteiger charge is -2.18. The first-order chi connectivity index (χ1) is 8.86. The zero-order valence-electron chi connectivity index (χ0n) is 10.5. The third kappa shape index (κ3) is 3.82. The molecule has 1 aromatic carbocycles. The molecule has 0 aromatic heterocycles. The number of amidine groups is 1. The summed E-state index contributed by atoms with van der Waals surface area (Å²) in [6.45, 7) is 3.51. The first kappa shape index (κ1) is 15.2. The second-order valence-electron chi connectivity index (χ2n) is 4.36. The van der Waals surface area contributed by atoms with Crippen molar-refractivity contribution in [2.24, 2.45) is 22.7 Å². The van der Waals surface area contributed by atoms with Crippen LogP contribution in [0.15, 0.2) is 23.4 Å². The molecule has 0 aliphatic rings. The number of nitrogens with one attached hydrogen (secondary N) is 1. The van der Waals surface area contributed by atoms with E-state index in [1.807, 2.05) is 0 Å². The van der Waals surface area contributed by atoms with Gasteiger partial charge in [0.25, 0.3) is 0 Å². The summed E-state index contributed by atoms with van der Waals surface area (Å²) in [5.74, 6) is -2.28. The molecule has 0 heterocycles. The van der Waals surface area contributed by atoms with Gasteiger partial charge in [0, 0.05) is 5.69 Å². The van der Waals surface area contributed by atoms with Crippen molar-refractivity contribution in [3.8, 4) is 0 Å². The normalized spacial score (nSPS) is 13.4. The number of hydrogen-bond donors (Lipinski definition) is 3. The van der Waals surface area contributed by atoms with E-state index in [0.717, 1.165) is 6.07 Å². The van der Waals surface area contributed by atoms with Crippen molar-refractivity contribution in [2.75, 3.05) is 5.32 Å². The Kier molecular flexibility index (Phi) is 5.11. The molecule has 7 heteroatoms. The zero-order chi connectivity index (χ0) is 14.6. The van der Waals surface area contributed by atoms with E-state index >= 15 is 0 Å². The first-order valence-electron chi connectivity index (χ1n) is 5.60. The summed E-state index contributed by atoms with van der Waals surface area (Å²) < 4.78 is 13.2. The van der Waals surface area contributed by atoms with Gasteiger partial charge in [-0.05, 0) is 24.1 Å². The maximum Gasteiger partial charge on any atom is 0.235 e. The summed E-state index contributed by atoms with van der Waals surface area (Å²) in [6.07, 6.45) is 0. The average molecular weight is 288 g/mol. The number of hydrogen-bond acceptors (Lipinski definition) is 3. The molecule has 0 fully saturated rings. The van der Waals surface area contributed by atoms with Crippen molar-refractivity contribution in [1.82, 2.24) is 0 Å². The molecule has 5 nitrogen and oxygen atoms in total. The van der Waals surface area contributed by atoms with Crippen LogP contribution in [-0.4, -0.2) is 17.0 Å². The van der Waals surface area contributed by atoms with Gasteiger partial charge in [0.15, 0.2) is 5.84 Å². The monoisotopic (exact) mass is 287 g/mol. The summed E-state index contributed by atoms with van der Waals surface area (Å²) in [6, 6.07) is 3.90. The van der Waals surface area contributed by atoms with E-state index < -0.39 is 17.6 Å². The lowest BCUT2D eigenvalue weighted by molar-refractivity contribution is -0.119. The maximum absolute atomic E-state index is 13.2. The summed E-state index contributed by atoms with van der Waals surface area (Å²) in [7, 11) is 0. The number of rotatable bonds is 4. The number of anilines is 1. The van der Waals surface area contributed by atoms with Crippen molar-refractivity contribution in [3.63, 3.8) is 0 Å². The highest BCUT2D eigenvalue weighted by atomic mass is 35.5. The summed E-state index contributed by atoms with van der Waals surface area (Å²) in [5.41, 5.74) is 5.72. The van der Waals surface area contributed by atoms with Gasteiger partial charge in [-0.15, -0.1) is 0 Å². The second kappa shape index (κ2) is 6.38. The molecule has 0 saturated heterocycles. The molecule has 0 bridgehead atoms. The van der Waals surface area contributed by atoms with Gasteiger partial charge < -0.3 is 16.3 Å². The van der Waals surface area contributed by atoms with Gasteiger partial charge in [-0.3, -0.25) is 4.79 Å². The van der Waals surface area contributed by atoms with E-state index in [0.29, 0.717) is 0 Å². The summed E-state index contributed by atoms with van der Waals surface area (Å²) in [5, 5.41) is 14.0. The van der Waals surface area contributed by atoms with Crippen LogP contribution >= 0.6 is 11.6 Å². The van der Waals surface area contributed by atoms with Gasteiger partial charge >= 0.3 is 0 Å². The van der Waals surface area contributed by atoms with Crippen LogP contribution in [-0.2, 0) is 4.79 Å². The third-order valence-corrected chi connectivity index (χ3v) is 2.88. The Morgan fingerprint density at radius 3 is 2.63 bits per heavy atom. The number of nitrogens with two attached hydrogens (primary N) is 1. The molecule has 0 aliphatic carbocycles. The highest BCUT2D eigenvalue weighted by Gasteiger charge is 2.26. The number of halogens is 2. The fourth-order valence-corrected chi connectivity index (χ4v) is 1.75. The van der Waals surface area contributed by atoms with Crippen LogP contribution in [0.4, 0.5) is 10.1 Å². The number of benzene rings is 1. The summed E-state index contributed by atoms with van der Waals surface area (Å²) >= 11 is 5.54. The Hall–Kier alpha value is -1.82. The number of carbonyl (C=O) groups excluding carboxylic acids is 1. The Labute approximate surface area is 115 Å². The Bertz CT molecular complexity index is 506. The quantitative estimate of drug-likeness (QED) is 0.344. The molecule has 1 aromatic rings. The molecule has 1 atom stereocenters. The van der Waals surface area contributed by atoms with Gasteiger partial charge in [-0.1, -0.05) is 30.6 Å². The largest absolute Gasteiger partial charge is 0.409 e. The lowest BCUT2D eigenvalue weighted by Crippen LogP contribution is -2.38. The molecule has 1 amide bonds. The fourth-order valence-electron chi connectivity index (χ4n) is 1.63. The van der Waals surface area contributed by atoms with Crippen LogP contribution in [0.25, 0.3) is 0 Å². The predicted octanol–water partition coefficient (Wildman–Crippen LogP) is 2.44. The molecule has 0 radical (unpaired) electrons. The highest BCUT2D eigenvalue weighted by Crippen LogP contribution is 2.20. The molecule has 1 unspecified atom stereocenters. The number of nitrogens with zero attached hydrogens (tertiary/aromatic N) is 1. The molecule has 19 heavy (non-hydrogen) atoms. The van der Waals surface area contributed by atoms with Gasteiger partial charge in [0.2, 0.25) is 5.91 Å². The molecule has 4 N–H and O–H groups in total. The van der Waals surface area contributed by atoms with Gasteiger partial charge in [-0.2, -0.15) is 0 Å². The van der Waals surface area contributed by atoms with Crippen LogP contribution in [0, 0.1) is 17.7 Å². The number of carbonyl (C=O) groups is 1. The van der Waals surface area contributed by atoms with E-state index in [-0.39, 0.29) is 22.5 Å². The zero-order valence-corrected chi connectivity index (χ0v) is 11.3. The topological polar surface area (TPSA) is 87.7 Å². The maximum atomic E-state index is 13.2. The Balaban J connectivity index is 2.90. The first-order valence-corrected chi connectivity index (χ1v) is 5.98. The van der Waals surface area contributed by atoms with Gasteiger partial charge in [0.1, 0.15) is 11.7 Å². The van der Waals surface area contributed by atoms with Gasteiger partial charge in [-0.25, -0.2) is 4.39 Å². The van der Waals surface area contributed by atoms with Gasteiger partial charge in [0.05, 0.1) is 5.02 Å². The van der Waals surface area contributed by atoms with Crippen molar-refractivity contribution in [2.45, 2.75) is 13.8 Å². The molecule has 0 spiro atoms. The van der Waals surface area contributed by atoms with E-state index in [9.17, 15) is 9.18 Å². The second-order valence-corrected chi connectivity index (χ2v) is 4.77. The minimum atomic E-state index is -0.802. The van der Waals surface area contributed by atoms with E-state index in [1.165, 1.54) is 12.1 Å². The van der Waals surface area contributed by atoms with Crippen molar-refractivity contribution < 1.29 is 14.4 Å². The molecule has 1 rings (SSSR count). The van der Waals surface area contributed by atoms with Crippen molar-refractivity contribution >= 4 is 29.0 Å². The van der Waals surface area contributed by atoms with Crippen LogP contribution in [0.5, 0.6) is 0 Å². The Morgan fingerprint density at radius 2 is 2.16 bits per heavy atom. The smallest absolute Gasteiger partial charge is 0.235 e. The van der Waals surface area contributed by atoms with Crippen LogP contribution in [0.3, 0.4) is 0 Å². The standard InChI is InChI=1S/C12H15ClFN3O2/c1-6(2)10(11(15)17-19)12(18)16-7-3-4-8(13)9(14)5-7/h3-6,10,19H,1-2H3,(H2,15,17)(H,16,18). The molecular formula is C12H15ClFN3O2. The molecular weight excluding hydrogens is 273 g/mol. The molecule has 0 saturated carbocycles. The summed E-state index contributed by atoms with van der Waals surface area (Å²) in [4.78, 5) is 12.0. The van der Waals surface area contributed by atoms with Crippen LogP contribution in [0.2, 0.25) is 5.02 Å². The van der Waals surface area contributed by atoms with Crippen LogP contribution in [0.1, 0.15) is 13.8 Å². The number of amides is 1. The fraction of sp³-hybridized carbons (Fsp3) is 0.333. The minimum absolute atomic E-state index is 0.0326. The highest BCUT2D eigenvalue weighted by molar-refractivity contribution is 6.30. The van der Waals surface area contributed by atoms with Crippen molar-refractivity contribution in [1.29, 1.82) is 0 Å². The average Bonchev–Trinajstić information content (AvgIpc) is 2.33.